The largest absolute Gasteiger partial charge is 0.416 e. The Bertz CT molecular complexity index is 1100. The molecule has 3 aromatic rings. The van der Waals surface area contributed by atoms with Gasteiger partial charge in [-0.15, -0.1) is 0 Å². The molecule has 4 rings (SSSR count). The summed E-state index contributed by atoms with van der Waals surface area (Å²) in [5.41, 5.74) is 0.904. The van der Waals surface area contributed by atoms with E-state index >= 15 is 0 Å². The van der Waals surface area contributed by atoms with E-state index in [2.05, 4.69) is 15.6 Å². The lowest BCUT2D eigenvalue weighted by molar-refractivity contribution is -0.137. The van der Waals surface area contributed by atoms with Gasteiger partial charge in [0.1, 0.15) is 5.82 Å². The molecule has 0 atom stereocenters. The maximum Gasteiger partial charge on any atom is 0.416 e. The van der Waals surface area contributed by atoms with Gasteiger partial charge in [0.05, 0.1) is 23.2 Å². The lowest BCUT2D eigenvalue weighted by Crippen LogP contribution is -2.47. The Kier molecular flexibility index (Phi) is 7.07. The summed E-state index contributed by atoms with van der Waals surface area (Å²) in [6, 6.07) is 21.2. The van der Waals surface area contributed by atoms with Crippen LogP contribution in [0.15, 0.2) is 84.0 Å². The Hall–Kier alpha value is -3.52. The van der Waals surface area contributed by atoms with Crippen LogP contribution in [-0.4, -0.2) is 36.2 Å². The summed E-state index contributed by atoms with van der Waals surface area (Å²) in [5.74, 6) is -0.488. The van der Waals surface area contributed by atoms with E-state index in [9.17, 15) is 18.0 Å². The molecule has 0 radical (unpaired) electrons. The number of nitrogens with zero attached hydrogens (tertiary/aromatic N) is 2. The number of aliphatic imine (C=N–C) groups is 1. The van der Waals surface area contributed by atoms with E-state index in [4.69, 9.17) is 4.99 Å². The van der Waals surface area contributed by atoms with Crippen molar-refractivity contribution in [1.29, 1.82) is 0 Å². The van der Waals surface area contributed by atoms with Crippen LogP contribution in [0.5, 0.6) is 0 Å². The van der Waals surface area contributed by atoms with Gasteiger partial charge in [0.15, 0.2) is 0 Å². The third kappa shape index (κ3) is 5.51. The first-order valence-corrected chi connectivity index (χ1v) is 11.1. The molecule has 0 unspecified atom stereocenters. The fourth-order valence-electron chi connectivity index (χ4n) is 4.06. The van der Waals surface area contributed by atoms with E-state index in [1.54, 1.807) is 0 Å². The van der Waals surface area contributed by atoms with Crippen LogP contribution < -0.4 is 10.6 Å². The van der Waals surface area contributed by atoms with Gasteiger partial charge in [0.25, 0.3) is 0 Å². The third-order valence-corrected chi connectivity index (χ3v) is 6.01. The number of nitrogens with one attached hydrogen (secondary N) is 2. The molecule has 5 nitrogen and oxygen atoms in total. The molecule has 34 heavy (non-hydrogen) atoms. The number of hydrogen-bond donors (Lipinski definition) is 2. The van der Waals surface area contributed by atoms with Crippen LogP contribution in [-0.2, 0) is 11.0 Å². The summed E-state index contributed by atoms with van der Waals surface area (Å²) in [6.45, 7) is 1.44. The van der Waals surface area contributed by atoms with Gasteiger partial charge in [-0.2, -0.15) is 13.2 Å². The van der Waals surface area contributed by atoms with Crippen LogP contribution in [0.25, 0.3) is 0 Å². The van der Waals surface area contributed by atoms with Gasteiger partial charge in [-0.3, -0.25) is 9.79 Å². The maximum absolute atomic E-state index is 13.4. The number of piperidine rings is 1. The molecule has 0 bridgehead atoms. The number of benzene rings is 2. The Labute approximate surface area is 196 Å². The highest BCUT2D eigenvalue weighted by molar-refractivity contribution is 6.13. The van der Waals surface area contributed by atoms with Gasteiger partial charge in [0, 0.05) is 17.3 Å². The van der Waals surface area contributed by atoms with Crippen LogP contribution in [0, 0.1) is 5.41 Å². The van der Waals surface area contributed by atoms with Crippen molar-refractivity contribution in [2.24, 2.45) is 10.4 Å². The molecule has 1 aromatic heterocycles. The van der Waals surface area contributed by atoms with Crippen LogP contribution in [0.4, 0.5) is 19.0 Å². The minimum atomic E-state index is -4.51. The molecule has 2 heterocycles. The van der Waals surface area contributed by atoms with Crippen molar-refractivity contribution < 1.29 is 18.0 Å². The highest BCUT2D eigenvalue weighted by Gasteiger charge is 2.40. The average Bonchev–Trinajstić information content (AvgIpc) is 2.86. The normalized spacial score (nSPS) is 15.4. The molecule has 0 saturated carbocycles. The molecule has 1 aliphatic rings. The molecule has 2 aromatic carbocycles. The summed E-state index contributed by atoms with van der Waals surface area (Å²) in [7, 11) is 0. The van der Waals surface area contributed by atoms with E-state index in [1.165, 1.54) is 0 Å². The van der Waals surface area contributed by atoms with Crippen molar-refractivity contribution in [1.82, 2.24) is 10.3 Å². The standard InChI is InChI=1S/C26H25F3N4O/c27-26(28,29)21-11-14-31-22(17-21)33-24(34)25(12-15-30-16-13-25)18-32-23(19-7-3-1-4-8-19)20-9-5-2-6-10-20/h1-11,14,17,30H,12-13,15-16,18H2,(H,31,33,34). The predicted octanol–water partition coefficient (Wildman–Crippen LogP) is 4.95. The van der Waals surface area contributed by atoms with Gasteiger partial charge >= 0.3 is 6.18 Å². The Morgan fingerprint density at radius 2 is 1.56 bits per heavy atom. The molecule has 176 valence electrons. The average molecular weight is 467 g/mol. The monoisotopic (exact) mass is 466 g/mol. The lowest BCUT2D eigenvalue weighted by Gasteiger charge is -2.35. The zero-order valence-corrected chi connectivity index (χ0v) is 18.5. The quantitative estimate of drug-likeness (QED) is 0.506. The molecule has 0 spiro atoms. The number of pyridine rings is 1. The summed E-state index contributed by atoms with van der Waals surface area (Å²) < 4.78 is 39.3. The fourth-order valence-corrected chi connectivity index (χ4v) is 4.06. The number of halogens is 3. The number of carbonyl (C=O) groups excluding carboxylic acids is 1. The Balaban J connectivity index is 1.64. The lowest BCUT2D eigenvalue weighted by atomic mass is 9.78. The minimum absolute atomic E-state index is 0.118. The van der Waals surface area contributed by atoms with E-state index in [-0.39, 0.29) is 18.3 Å². The Morgan fingerprint density at radius 1 is 0.971 bits per heavy atom. The molecular formula is C26H25F3N4O. The Morgan fingerprint density at radius 3 is 2.12 bits per heavy atom. The molecule has 1 amide bonds. The zero-order valence-electron chi connectivity index (χ0n) is 18.5. The minimum Gasteiger partial charge on any atom is -0.317 e. The SMILES string of the molecule is O=C(Nc1cc(C(F)(F)F)ccn1)C1(CN=C(c2ccccc2)c2ccccc2)CCNCC1. The summed E-state index contributed by atoms with van der Waals surface area (Å²) >= 11 is 0. The van der Waals surface area contributed by atoms with Crippen LogP contribution in [0.2, 0.25) is 0 Å². The van der Waals surface area contributed by atoms with Gasteiger partial charge in [-0.05, 0) is 38.1 Å². The van der Waals surface area contributed by atoms with Crippen molar-refractivity contribution in [3.05, 3.63) is 95.7 Å². The zero-order chi connectivity index (χ0) is 24.0. The summed E-state index contributed by atoms with van der Waals surface area (Å²) in [4.78, 5) is 22.2. The molecule has 8 heteroatoms. The molecule has 0 aliphatic carbocycles. The number of aromatic nitrogens is 1. The first-order valence-electron chi connectivity index (χ1n) is 11.1. The molecular weight excluding hydrogens is 441 g/mol. The van der Waals surface area contributed by atoms with E-state index < -0.39 is 17.2 Å². The number of amides is 1. The number of anilines is 1. The highest BCUT2D eigenvalue weighted by atomic mass is 19.4. The first-order chi connectivity index (χ1) is 16.4. The van der Waals surface area contributed by atoms with Gasteiger partial charge in [-0.1, -0.05) is 60.7 Å². The van der Waals surface area contributed by atoms with Crippen LogP contribution >= 0.6 is 0 Å². The van der Waals surface area contributed by atoms with Crippen molar-refractivity contribution in [3.63, 3.8) is 0 Å². The van der Waals surface area contributed by atoms with Crippen molar-refractivity contribution in [2.75, 3.05) is 25.0 Å². The number of rotatable bonds is 6. The molecule has 1 fully saturated rings. The first kappa shape index (κ1) is 23.6. The number of carbonyl (C=O) groups is 1. The topological polar surface area (TPSA) is 66.4 Å². The van der Waals surface area contributed by atoms with Crippen molar-refractivity contribution in [2.45, 2.75) is 19.0 Å². The van der Waals surface area contributed by atoms with E-state index in [0.717, 1.165) is 35.2 Å². The second-order valence-corrected chi connectivity index (χ2v) is 8.31. The smallest absolute Gasteiger partial charge is 0.317 e. The van der Waals surface area contributed by atoms with E-state index in [1.807, 2.05) is 60.7 Å². The molecule has 2 N–H and O–H groups in total. The summed E-state index contributed by atoms with van der Waals surface area (Å²) in [6.07, 6.45) is -2.44. The van der Waals surface area contributed by atoms with Crippen molar-refractivity contribution >= 4 is 17.4 Å². The number of alkyl halides is 3. The molecule has 1 aliphatic heterocycles. The van der Waals surface area contributed by atoms with Crippen LogP contribution in [0.3, 0.4) is 0 Å². The van der Waals surface area contributed by atoms with Gasteiger partial charge in [0.2, 0.25) is 5.91 Å². The fraction of sp³-hybridized carbons (Fsp3) is 0.269. The van der Waals surface area contributed by atoms with Crippen molar-refractivity contribution in [3.8, 4) is 0 Å². The van der Waals surface area contributed by atoms with E-state index in [0.29, 0.717) is 25.9 Å². The predicted molar refractivity (Wildman–Crippen MR) is 126 cm³/mol. The van der Waals surface area contributed by atoms with Crippen LogP contribution in [0.1, 0.15) is 29.5 Å². The number of hydrogen-bond acceptors (Lipinski definition) is 4. The third-order valence-electron chi connectivity index (χ3n) is 6.01. The highest BCUT2D eigenvalue weighted by Crippen LogP contribution is 2.33. The molecule has 1 saturated heterocycles. The summed E-state index contributed by atoms with van der Waals surface area (Å²) in [5, 5.41) is 5.87. The van der Waals surface area contributed by atoms with Gasteiger partial charge in [-0.25, -0.2) is 4.98 Å². The second kappa shape index (κ2) is 10.2. The second-order valence-electron chi connectivity index (χ2n) is 8.31. The van der Waals surface area contributed by atoms with Gasteiger partial charge < -0.3 is 10.6 Å². The maximum atomic E-state index is 13.4.